The minimum atomic E-state index is -0.154. The molecule has 0 radical (unpaired) electrons. The van der Waals surface area contributed by atoms with Crippen LogP contribution in [0.15, 0.2) is 48.5 Å². The smallest absolute Gasteiger partial charge is 0.251 e. The SMILES string of the molecule is COc1cccc(C(=O)NCC2CNC(=O)c3ccccc32)c1. The Bertz CT molecular complexity index is 743. The number of methoxy groups -OCH3 is 1. The highest BCUT2D eigenvalue weighted by Crippen LogP contribution is 2.23. The quantitative estimate of drug-likeness (QED) is 0.907. The van der Waals surface area contributed by atoms with Crippen molar-refractivity contribution in [3.05, 3.63) is 65.2 Å². The summed E-state index contributed by atoms with van der Waals surface area (Å²) in [4.78, 5) is 24.1. The Balaban J connectivity index is 1.70. The normalized spacial score (nSPS) is 16.2. The molecule has 0 aliphatic carbocycles. The van der Waals surface area contributed by atoms with E-state index in [-0.39, 0.29) is 17.7 Å². The van der Waals surface area contributed by atoms with Crippen LogP contribution < -0.4 is 15.4 Å². The number of carbonyl (C=O) groups is 2. The van der Waals surface area contributed by atoms with Gasteiger partial charge in [-0.15, -0.1) is 0 Å². The Morgan fingerprint density at radius 1 is 1.26 bits per heavy atom. The Kier molecular flexibility index (Phi) is 4.28. The first kappa shape index (κ1) is 15.1. The summed E-state index contributed by atoms with van der Waals surface area (Å²) in [6.07, 6.45) is 0. The van der Waals surface area contributed by atoms with Crippen molar-refractivity contribution < 1.29 is 14.3 Å². The van der Waals surface area contributed by atoms with Crippen molar-refractivity contribution >= 4 is 11.8 Å². The van der Waals surface area contributed by atoms with Gasteiger partial charge < -0.3 is 15.4 Å². The highest BCUT2D eigenvalue weighted by atomic mass is 16.5. The van der Waals surface area contributed by atoms with E-state index < -0.39 is 0 Å². The van der Waals surface area contributed by atoms with Gasteiger partial charge in [-0.1, -0.05) is 24.3 Å². The highest BCUT2D eigenvalue weighted by Gasteiger charge is 2.25. The molecule has 1 atom stereocenters. The van der Waals surface area contributed by atoms with Gasteiger partial charge in [0.05, 0.1) is 7.11 Å². The number of fused-ring (bicyclic) bond motifs is 1. The van der Waals surface area contributed by atoms with Crippen molar-refractivity contribution in [2.45, 2.75) is 5.92 Å². The summed E-state index contributed by atoms with van der Waals surface area (Å²) in [6.45, 7) is 0.988. The zero-order chi connectivity index (χ0) is 16.2. The number of carbonyl (C=O) groups excluding carboxylic acids is 2. The van der Waals surface area contributed by atoms with Gasteiger partial charge in [-0.25, -0.2) is 0 Å². The monoisotopic (exact) mass is 310 g/mol. The summed E-state index contributed by atoms with van der Waals surface area (Å²) < 4.78 is 5.13. The van der Waals surface area contributed by atoms with Crippen molar-refractivity contribution in [1.29, 1.82) is 0 Å². The third-order valence-electron chi connectivity index (χ3n) is 4.00. The number of ether oxygens (including phenoxy) is 1. The summed E-state index contributed by atoms with van der Waals surface area (Å²) in [5.74, 6) is 0.501. The molecule has 0 spiro atoms. The molecule has 5 heteroatoms. The molecule has 118 valence electrons. The molecular formula is C18H18N2O3. The second-order valence-electron chi connectivity index (χ2n) is 5.44. The van der Waals surface area contributed by atoms with E-state index in [1.165, 1.54) is 0 Å². The van der Waals surface area contributed by atoms with Crippen molar-refractivity contribution in [3.8, 4) is 5.75 Å². The minimum absolute atomic E-state index is 0.0593. The Hall–Kier alpha value is -2.82. The van der Waals surface area contributed by atoms with E-state index >= 15 is 0 Å². The van der Waals surface area contributed by atoms with Gasteiger partial charge in [-0.2, -0.15) is 0 Å². The van der Waals surface area contributed by atoms with Gasteiger partial charge in [-0.3, -0.25) is 9.59 Å². The molecule has 1 heterocycles. The molecule has 2 N–H and O–H groups in total. The fourth-order valence-corrected chi connectivity index (χ4v) is 2.75. The van der Waals surface area contributed by atoms with Gasteiger partial charge in [0.2, 0.25) is 0 Å². The zero-order valence-corrected chi connectivity index (χ0v) is 12.8. The van der Waals surface area contributed by atoms with Gasteiger partial charge in [0.25, 0.3) is 11.8 Å². The van der Waals surface area contributed by atoms with Crippen molar-refractivity contribution in [3.63, 3.8) is 0 Å². The predicted octanol–water partition coefficient (Wildman–Crippen LogP) is 1.95. The number of hydrogen-bond acceptors (Lipinski definition) is 3. The number of rotatable bonds is 4. The fourth-order valence-electron chi connectivity index (χ4n) is 2.75. The first-order valence-electron chi connectivity index (χ1n) is 7.48. The maximum atomic E-state index is 12.3. The van der Waals surface area contributed by atoms with Gasteiger partial charge in [0.15, 0.2) is 0 Å². The minimum Gasteiger partial charge on any atom is -0.497 e. The predicted molar refractivity (Wildman–Crippen MR) is 86.8 cm³/mol. The molecule has 1 aliphatic rings. The van der Waals surface area contributed by atoms with E-state index in [2.05, 4.69) is 10.6 Å². The van der Waals surface area contributed by atoms with Crippen molar-refractivity contribution in [2.24, 2.45) is 0 Å². The second kappa shape index (κ2) is 6.52. The van der Waals surface area contributed by atoms with E-state index in [0.717, 1.165) is 5.56 Å². The van der Waals surface area contributed by atoms with E-state index in [9.17, 15) is 9.59 Å². The highest BCUT2D eigenvalue weighted by molar-refractivity contribution is 5.97. The molecule has 1 unspecified atom stereocenters. The number of nitrogens with one attached hydrogen (secondary N) is 2. The summed E-state index contributed by atoms with van der Waals surface area (Å²) >= 11 is 0. The lowest BCUT2D eigenvalue weighted by atomic mass is 9.90. The summed E-state index contributed by atoms with van der Waals surface area (Å²) in [5, 5.41) is 5.79. The number of hydrogen-bond donors (Lipinski definition) is 2. The third kappa shape index (κ3) is 3.18. The van der Waals surface area contributed by atoms with Gasteiger partial charge in [-0.05, 0) is 29.8 Å². The molecule has 0 fully saturated rings. The van der Waals surface area contributed by atoms with Crippen LogP contribution >= 0.6 is 0 Å². The first-order chi connectivity index (χ1) is 11.2. The molecule has 0 bridgehead atoms. The number of amides is 2. The lowest BCUT2D eigenvalue weighted by molar-refractivity contribution is 0.0935. The Morgan fingerprint density at radius 3 is 2.91 bits per heavy atom. The third-order valence-corrected chi connectivity index (χ3v) is 4.00. The zero-order valence-electron chi connectivity index (χ0n) is 12.8. The van der Waals surface area contributed by atoms with Crippen LogP contribution in [0.5, 0.6) is 5.75 Å². The van der Waals surface area contributed by atoms with E-state index in [4.69, 9.17) is 4.74 Å². The lowest BCUT2D eigenvalue weighted by Gasteiger charge is -2.25. The first-order valence-corrected chi connectivity index (χ1v) is 7.48. The van der Waals surface area contributed by atoms with Crippen molar-refractivity contribution in [2.75, 3.05) is 20.2 Å². The molecule has 0 aromatic heterocycles. The van der Waals surface area contributed by atoms with Crippen LogP contribution in [0.25, 0.3) is 0 Å². The van der Waals surface area contributed by atoms with E-state index in [1.54, 1.807) is 37.4 Å². The van der Waals surface area contributed by atoms with Crippen LogP contribution in [0, 0.1) is 0 Å². The molecule has 5 nitrogen and oxygen atoms in total. The van der Waals surface area contributed by atoms with Crippen LogP contribution in [0.4, 0.5) is 0 Å². The molecule has 2 aromatic rings. The molecule has 2 aromatic carbocycles. The standard InChI is InChI=1S/C18H18N2O3/c1-23-14-6-4-5-12(9-14)17(21)19-10-13-11-20-18(22)16-8-3-2-7-15(13)16/h2-9,13H,10-11H2,1H3,(H,19,21)(H,20,22). The van der Waals surface area contributed by atoms with Crippen LogP contribution in [-0.2, 0) is 0 Å². The molecule has 0 saturated heterocycles. The van der Waals surface area contributed by atoms with E-state index in [1.807, 2.05) is 18.2 Å². The maximum absolute atomic E-state index is 12.3. The average molecular weight is 310 g/mol. The fraction of sp³-hybridized carbons (Fsp3) is 0.222. The van der Waals surface area contributed by atoms with Gasteiger partial charge in [0.1, 0.15) is 5.75 Å². The van der Waals surface area contributed by atoms with Crippen LogP contribution in [0.1, 0.15) is 32.2 Å². The molecule has 23 heavy (non-hydrogen) atoms. The Morgan fingerprint density at radius 2 is 2.09 bits per heavy atom. The van der Waals surface area contributed by atoms with Crippen molar-refractivity contribution in [1.82, 2.24) is 10.6 Å². The second-order valence-corrected chi connectivity index (χ2v) is 5.44. The summed E-state index contributed by atoms with van der Waals surface area (Å²) in [5.41, 5.74) is 2.21. The van der Waals surface area contributed by atoms with Crippen LogP contribution in [0.3, 0.4) is 0 Å². The average Bonchev–Trinajstić information content (AvgIpc) is 2.61. The topological polar surface area (TPSA) is 67.4 Å². The summed E-state index contributed by atoms with van der Waals surface area (Å²) in [7, 11) is 1.57. The lowest BCUT2D eigenvalue weighted by Crippen LogP contribution is -2.40. The molecule has 0 saturated carbocycles. The number of benzene rings is 2. The molecule has 1 aliphatic heterocycles. The van der Waals surface area contributed by atoms with Gasteiger partial charge >= 0.3 is 0 Å². The molecule has 3 rings (SSSR count). The van der Waals surface area contributed by atoms with Crippen LogP contribution in [0.2, 0.25) is 0 Å². The maximum Gasteiger partial charge on any atom is 0.251 e. The van der Waals surface area contributed by atoms with Gasteiger partial charge in [0, 0.05) is 30.1 Å². The van der Waals surface area contributed by atoms with E-state index in [0.29, 0.717) is 30.0 Å². The van der Waals surface area contributed by atoms with Crippen LogP contribution in [-0.4, -0.2) is 32.0 Å². The molecule has 2 amide bonds. The molecular weight excluding hydrogens is 292 g/mol. The largest absolute Gasteiger partial charge is 0.497 e. The summed E-state index contributed by atoms with van der Waals surface area (Å²) in [6, 6.07) is 14.5. The Labute approximate surface area is 134 Å².